The number of hydrogen-bond donors (Lipinski definition) is 2. The van der Waals surface area contributed by atoms with Gasteiger partial charge in [0.05, 0.1) is 40.1 Å². The number of halogens is 2. The second-order valence-electron chi connectivity index (χ2n) is 7.16. The van der Waals surface area contributed by atoms with Gasteiger partial charge in [-0.15, -0.1) is 0 Å². The van der Waals surface area contributed by atoms with Crippen molar-refractivity contribution in [2.75, 3.05) is 12.9 Å². The van der Waals surface area contributed by atoms with Crippen molar-refractivity contribution >= 4 is 66.6 Å². The summed E-state index contributed by atoms with van der Waals surface area (Å²) < 4.78 is 7.92. The van der Waals surface area contributed by atoms with Gasteiger partial charge in [-0.2, -0.15) is 5.10 Å². The molecule has 3 aromatic carbocycles. The van der Waals surface area contributed by atoms with E-state index >= 15 is 0 Å². The fourth-order valence-corrected chi connectivity index (χ4v) is 4.72. The molecule has 0 bridgehead atoms. The van der Waals surface area contributed by atoms with Crippen LogP contribution < -0.4 is 15.7 Å². The predicted molar refractivity (Wildman–Crippen MR) is 144 cm³/mol. The number of para-hydroxylation sites is 1. The van der Waals surface area contributed by atoms with E-state index in [2.05, 4.69) is 47.4 Å². The van der Waals surface area contributed by atoms with Gasteiger partial charge >= 0.3 is 0 Å². The van der Waals surface area contributed by atoms with Gasteiger partial charge in [0.15, 0.2) is 16.7 Å². The highest BCUT2D eigenvalue weighted by molar-refractivity contribution is 9.10. The van der Waals surface area contributed by atoms with E-state index < -0.39 is 0 Å². The number of thioether (sulfide) groups is 1. The van der Waals surface area contributed by atoms with Crippen LogP contribution in [0.3, 0.4) is 0 Å². The molecule has 35 heavy (non-hydrogen) atoms. The average molecular weight is 618 g/mol. The summed E-state index contributed by atoms with van der Waals surface area (Å²) in [5.41, 5.74) is 4.05. The topological polar surface area (TPSA) is 106 Å². The maximum Gasteiger partial charge on any atom is 0.266 e. The monoisotopic (exact) mass is 616 g/mol. The Balaban J connectivity index is 1.54. The Hall–Kier alpha value is -3.15. The van der Waals surface area contributed by atoms with Crippen LogP contribution >= 0.6 is 43.6 Å². The van der Waals surface area contributed by atoms with E-state index in [4.69, 9.17) is 4.74 Å². The summed E-state index contributed by atoms with van der Waals surface area (Å²) in [5, 5.41) is 14.7. The molecule has 1 amide bonds. The van der Waals surface area contributed by atoms with E-state index in [1.54, 1.807) is 42.5 Å². The lowest BCUT2D eigenvalue weighted by Gasteiger charge is -2.13. The number of nitrogens with zero attached hydrogens (tertiary/aromatic N) is 3. The van der Waals surface area contributed by atoms with Crippen molar-refractivity contribution < 1.29 is 14.6 Å². The Morgan fingerprint density at radius 1 is 1.20 bits per heavy atom. The number of carbonyl (C=O) groups is 1. The highest BCUT2D eigenvalue weighted by Gasteiger charge is 2.15. The smallest absolute Gasteiger partial charge is 0.266 e. The third-order valence-corrected chi connectivity index (χ3v) is 6.91. The zero-order valence-electron chi connectivity index (χ0n) is 18.2. The summed E-state index contributed by atoms with van der Waals surface area (Å²) in [6, 6.07) is 17.6. The number of ether oxygens (including phenoxy) is 1. The highest BCUT2D eigenvalue weighted by atomic mass is 79.9. The lowest BCUT2D eigenvalue weighted by molar-refractivity contribution is -0.118. The zero-order chi connectivity index (χ0) is 24.9. The number of methoxy groups -OCH3 is 1. The summed E-state index contributed by atoms with van der Waals surface area (Å²) in [6.45, 7) is 0. The first-order valence-corrected chi connectivity index (χ1v) is 12.7. The largest absolute Gasteiger partial charge is 0.503 e. The Kier molecular flexibility index (Phi) is 7.89. The molecule has 1 heterocycles. The maximum atomic E-state index is 13.3. The minimum Gasteiger partial charge on any atom is -0.503 e. The molecule has 0 saturated carbocycles. The lowest BCUT2D eigenvalue weighted by Crippen LogP contribution is -2.24. The van der Waals surface area contributed by atoms with E-state index in [-0.39, 0.29) is 28.7 Å². The van der Waals surface area contributed by atoms with Crippen LogP contribution in [0, 0.1) is 0 Å². The van der Waals surface area contributed by atoms with Gasteiger partial charge in [0.25, 0.3) is 11.5 Å². The molecule has 0 aliphatic heterocycles. The van der Waals surface area contributed by atoms with Gasteiger partial charge in [0, 0.05) is 4.47 Å². The number of amides is 1. The van der Waals surface area contributed by atoms with Crippen LogP contribution in [0.4, 0.5) is 0 Å². The second-order valence-corrected chi connectivity index (χ2v) is 9.88. The zero-order valence-corrected chi connectivity index (χ0v) is 22.2. The molecule has 0 aliphatic carbocycles. The molecular formula is C24H18Br2N4O4S. The summed E-state index contributed by atoms with van der Waals surface area (Å²) in [4.78, 5) is 30.3. The third kappa shape index (κ3) is 5.75. The number of rotatable bonds is 7. The number of phenols is 1. The van der Waals surface area contributed by atoms with Crippen LogP contribution in [0.1, 0.15) is 5.56 Å². The summed E-state index contributed by atoms with van der Waals surface area (Å²) >= 11 is 7.78. The lowest BCUT2D eigenvalue weighted by atomic mass is 10.2. The number of nitrogens with one attached hydrogen (secondary N) is 1. The van der Waals surface area contributed by atoms with E-state index in [1.807, 2.05) is 18.2 Å². The number of hydrogen-bond acceptors (Lipinski definition) is 7. The molecule has 2 N–H and O–H groups in total. The molecule has 1 aromatic heterocycles. The molecule has 0 saturated heterocycles. The van der Waals surface area contributed by atoms with Crippen molar-refractivity contribution in [2.24, 2.45) is 5.10 Å². The Morgan fingerprint density at radius 3 is 2.69 bits per heavy atom. The molecule has 0 atom stereocenters. The Labute approximate surface area is 221 Å². The minimum absolute atomic E-state index is 0.0127. The number of hydrazone groups is 1. The molecule has 4 aromatic rings. The molecular weight excluding hydrogens is 600 g/mol. The number of fused-ring (bicyclic) bond motifs is 1. The highest BCUT2D eigenvalue weighted by Crippen LogP contribution is 2.34. The number of aromatic nitrogens is 2. The molecule has 8 nitrogen and oxygen atoms in total. The first kappa shape index (κ1) is 25.0. The van der Waals surface area contributed by atoms with Gasteiger partial charge in [-0.1, -0.05) is 39.8 Å². The summed E-state index contributed by atoms with van der Waals surface area (Å²) in [5.74, 6) is -0.136. The molecule has 4 rings (SSSR count). The Morgan fingerprint density at radius 2 is 1.94 bits per heavy atom. The molecule has 0 spiro atoms. The van der Waals surface area contributed by atoms with Crippen molar-refractivity contribution in [1.29, 1.82) is 0 Å². The molecule has 178 valence electrons. The van der Waals surface area contributed by atoms with Crippen molar-refractivity contribution in [3.05, 3.63) is 85.5 Å². The van der Waals surface area contributed by atoms with E-state index in [1.165, 1.54) is 17.9 Å². The molecule has 11 heteroatoms. The first-order chi connectivity index (χ1) is 16.9. The van der Waals surface area contributed by atoms with Crippen LogP contribution in [0.25, 0.3) is 16.6 Å². The van der Waals surface area contributed by atoms with Crippen molar-refractivity contribution in [3.8, 4) is 17.2 Å². The predicted octanol–water partition coefficient (Wildman–Crippen LogP) is 4.87. The molecule has 0 unspecified atom stereocenters. The first-order valence-electron chi connectivity index (χ1n) is 10.2. The van der Waals surface area contributed by atoms with Gasteiger partial charge in [0.2, 0.25) is 0 Å². The average Bonchev–Trinajstić information content (AvgIpc) is 2.85. The van der Waals surface area contributed by atoms with Crippen molar-refractivity contribution in [3.63, 3.8) is 0 Å². The van der Waals surface area contributed by atoms with Gasteiger partial charge in [-0.3, -0.25) is 14.2 Å². The van der Waals surface area contributed by atoms with Crippen molar-refractivity contribution in [2.45, 2.75) is 5.16 Å². The van der Waals surface area contributed by atoms with Crippen LogP contribution in [0.5, 0.6) is 11.5 Å². The fraction of sp³-hybridized carbons (Fsp3) is 0.0833. The van der Waals surface area contributed by atoms with Gasteiger partial charge in [0.1, 0.15) is 0 Å². The van der Waals surface area contributed by atoms with Crippen molar-refractivity contribution in [1.82, 2.24) is 15.0 Å². The van der Waals surface area contributed by atoms with E-state index in [9.17, 15) is 14.7 Å². The van der Waals surface area contributed by atoms with Gasteiger partial charge in [-0.25, -0.2) is 10.4 Å². The fourth-order valence-electron chi connectivity index (χ4n) is 3.19. The molecule has 0 fully saturated rings. The SMILES string of the molecule is COc1cc(C=NNC(=O)CSc2nc3ccccc3c(=O)n2-c2ccc(Br)cc2)cc(Br)c1O. The third-order valence-electron chi connectivity index (χ3n) is 4.84. The quantitative estimate of drug-likeness (QED) is 0.133. The minimum atomic E-state index is -0.374. The second kappa shape index (κ2) is 11.1. The summed E-state index contributed by atoms with van der Waals surface area (Å²) in [7, 11) is 1.44. The van der Waals surface area contributed by atoms with Crippen LogP contribution in [-0.2, 0) is 4.79 Å². The van der Waals surface area contributed by atoms with Gasteiger partial charge < -0.3 is 9.84 Å². The van der Waals surface area contributed by atoms with Crippen LogP contribution in [-0.4, -0.2) is 39.6 Å². The number of phenolic OH excluding ortho intramolecular Hbond substituents is 1. The maximum absolute atomic E-state index is 13.3. The molecule has 0 aliphatic rings. The van der Waals surface area contributed by atoms with E-state index in [0.717, 1.165) is 16.2 Å². The number of aromatic hydroxyl groups is 1. The number of benzene rings is 3. The normalized spacial score (nSPS) is 11.2. The van der Waals surface area contributed by atoms with Crippen LogP contribution in [0.2, 0.25) is 0 Å². The summed E-state index contributed by atoms with van der Waals surface area (Å²) in [6.07, 6.45) is 1.43. The van der Waals surface area contributed by atoms with Crippen LogP contribution in [0.15, 0.2) is 84.7 Å². The van der Waals surface area contributed by atoms with E-state index in [0.29, 0.717) is 31.8 Å². The standard InChI is InChI=1S/C24H18Br2N4O4S/c1-34-20-11-14(10-18(26)22(20)32)12-27-29-21(31)13-35-24-28-19-5-3-2-4-17(19)23(33)30(24)16-8-6-15(25)7-9-16/h2-12,32H,13H2,1H3,(H,29,31). The number of carbonyl (C=O) groups excluding carboxylic acids is 1. The molecule has 0 radical (unpaired) electrons. The Bertz CT molecular complexity index is 1490. The van der Waals surface area contributed by atoms with Gasteiger partial charge in [-0.05, 0) is 70.0 Å².